The molecule has 1 unspecified atom stereocenters. The van der Waals surface area contributed by atoms with E-state index < -0.39 is 11.5 Å². The van der Waals surface area contributed by atoms with Gasteiger partial charge in [-0.05, 0) is 106 Å². The largest absolute Gasteiger partial charge is 0.400 e. The molecule has 7 heteroatoms. The van der Waals surface area contributed by atoms with Gasteiger partial charge in [0.05, 0.1) is 17.3 Å². The zero-order valence-corrected chi connectivity index (χ0v) is 26.7. The van der Waals surface area contributed by atoms with Gasteiger partial charge < -0.3 is 19.3 Å². The molecule has 2 N–H and O–H groups in total. The van der Waals surface area contributed by atoms with Crippen molar-refractivity contribution in [1.29, 1.82) is 0 Å². The van der Waals surface area contributed by atoms with E-state index in [4.69, 9.17) is 10.2 Å². The predicted molar refractivity (Wildman–Crippen MR) is 169 cm³/mol. The number of pyridine rings is 1. The first-order chi connectivity index (χ1) is 18.7. The maximum atomic E-state index is 14.1. The van der Waals surface area contributed by atoms with Crippen LogP contribution in [0.1, 0.15) is 94.7 Å². The van der Waals surface area contributed by atoms with E-state index in [1.165, 1.54) is 16.7 Å². The number of rotatable bonds is 4. The molecule has 4 rings (SSSR count). The van der Waals surface area contributed by atoms with Crippen LogP contribution in [0.3, 0.4) is 0 Å². The number of fused-ring (bicyclic) bond motifs is 3. The Morgan fingerprint density at radius 3 is 2.25 bits per heavy atom. The van der Waals surface area contributed by atoms with Gasteiger partial charge in [-0.25, -0.2) is 4.98 Å². The first kappa shape index (κ1) is 35.4. The van der Waals surface area contributed by atoms with Gasteiger partial charge in [-0.2, -0.15) is 4.39 Å². The van der Waals surface area contributed by atoms with Crippen LogP contribution in [0.25, 0.3) is 16.7 Å². The van der Waals surface area contributed by atoms with Crippen LogP contribution in [0.5, 0.6) is 0 Å². The lowest BCUT2D eigenvalue weighted by Gasteiger charge is -2.40. The van der Waals surface area contributed by atoms with Crippen LogP contribution in [0.15, 0.2) is 18.3 Å². The molecule has 0 radical (unpaired) electrons. The number of aliphatic hydroxyl groups excluding tert-OH is 1. The van der Waals surface area contributed by atoms with Crippen LogP contribution in [0.2, 0.25) is 0 Å². The topological polar surface area (TPSA) is 73.7 Å². The molecule has 2 aliphatic rings. The Morgan fingerprint density at radius 1 is 1.20 bits per heavy atom. The fourth-order valence-electron chi connectivity index (χ4n) is 5.30. The minimum atomic E-state index is -0.500. The molecule has 0 fully saturated rings. The van der Waals surface area contributed by atoms with Crippen LogP contribution >= 0.6 is 11.9 Å². The smallest absolute Gasteiger partial charge is 0.213 e. The highest BCUT2D eigenvalue weighted by molar-refractivity contribution is 8.00. The summed E-state index contributed by atoms with van der Waals surface area (Å²) in [5, 5.41) is 15.5. The lowest BCUT2D eigenvalue weighted by molar-refractivity contribution is -0.107. The minimum Gasteiger partial charge on any atom is -0.400 e. The molecule has 5 nitrogen and oxygen atoms in total. The first-order valence-corrected chi connectivity index (χ1v) is 14.7. The van der Waals surface area contributed by atoms with Gasteiger partial charge >= 0.3 is 0 Å². The highest BCUT2D eigenvalue weighted by Gasteiger charge is 2.35. The summed E-state index contributed by atoms with van der Waals surface area (Å²) in [4.78, 5) is 15.7. The van der Waals surface area contributed by atoms with E-state index in [1.807, 2.05) is 0 Å². The number of carbonyl (C=O) groups excluding carboxylic acids is 1. The average Bonchev–Trinajstić information content (AvgIpc) is 2.89. The lowest BCUT2D eigenvalue weighted by atomic mass is 9.73. The van der Waals surface area contributed by atoms with E-state index in [-0.39, 0.29) is 6.04 Å². The van der Waals surface area contributed by atoms with Gasteiger partial charge in [0.1, 0.15) is 6.29 Å². The summed E-state index contributed by atoms with van der Waals surface area (Å²) < 4.78 is 16.3. The number of aromatic nitrogens is 1. The molecule has 0 saturated carbocycles. The van der Waals surface area contributed by atoms with Gasteiger partial charge in [0.15, 0.2) is 0 Å². The Morgan fingerprint density at radius 2 is 1.77 bits per heavy atom. The Bertz CT molecular complexity index is 1220. The molecular formula is C33H47FN2O3S. The van der Waals surface area contributed by atoms with Crippen LogP contribution in [0, 0.1) is 38.1 Å². The summed E-state index contributed by atoms with van der Waals surface area (Å²) in [6.07, 6.45) is 18.7. The number of allylic oxidation sites excluding steroid dienone is 2. The van der Waals surface area contributed by atoms with Crippen molar-refractivity contribution in [2.75, 3.05) is 17.7 Å². The maximum Gasteiger partial charge on any atom is 0.213 e. The summed E-state index contributed by atoms with van der Waals surface area (Å²) >= 11 is 1.64. The monoisotopic (exact) mass is 570 g/mol. The first-order valence-electron chi connectivity index (χ1n) is 13.5. The molecule has 1 atom stereocenters. The SMILES string of the molecule is C#C.CC(C)(C)O.CO.CSN1c2c(C)c(CC=O)c(C3=CCC(C)(C)CC3)c(C)c2-c2cnc(F)cc2C1C. The van der Waals surface area contributed by atoms with E-state index in [0.717, 1.165) is 66.2 Å². The maximum absolute atomic E-state index is 14.1. The van der Waals surface area contributed by atoms with Crippen molar-refractivity contribution in [3.8, 4) is 24.0 Å². The summed E-state index contributed by atoms with van der Waals surface area (Å²) in [5.74, 6) is -0.445. The second-order valence-corrected chi connectivity index (χ2v) is 12.5. The number of aldehydes is 1. The van der Waals surface area contributed by atoms with E-state index in [9.17, 15) is 9.18 Å². The molecule has 0 saturated heterocycles. The van der Waals surface area contributed by atoms with Crippen molar-refractivity contribution in [2.24, 2.45) is 5.41 Å². The van der Waals surface area contributed by atoms with Crippen molar-refractivity contribution in [1.82, 2.24) is 4.98 Å². The lowest BCUT2D eigenvalue weighted by Crippen LogP contribution is -2.27. The zero-order chi connectivity index (χ0) is 31.0. The zero-order valence-electron chi connectivity index (χ0n) is 25.9. The third-order valence-corrected chi connectivity index (χ3v) is 7.96. The van der Waals surface area contributed by atoms with E-state index in [1.54, 1.807) is 45.0 Å². The number of halogens is 1. The number of hydrogen-bond donors (Lipinski definition) is 2. The summed E-state index contributed by atoms with van der Waals surface area (Å²) in [5.41, 5.74) is 10.0. The van der Waals surface area contributed by atoms with Gasteiger partial charge in [-0.3, -0.25) is 0 Å². The van der Waals surface area contributed by atoms with Crippen LogP contribution < -0.4 is 4.31 Å². The molecule has 0 bridgehead atoms. The van der Waals surface area contributed by atoms with Crippen LogP contribution in [-0.2, 0) is 11.2 Å². The van der Waals surface area contributed by atoms with Gasteiger partial charge in [-0.15, -0.1) is 12.8 Å². The number of hydrogen-bond acceptors (Lipinski definition) is 6. The molecule has 0 spiro atoms. The molecule has 1 aliphatic heterocycles. The highest BCUT2D eigenvalue weighted by atomic mass is 32.2. The summed E-state index contributed by atoms with van der Waals surface area (Å²) in [6.45, 7) is 16.2. The van der Waals surface area contributed by atoms with Gasteiger partial charge in [0, 0.05) is 37.1 Å². The van der Waals surface area contributed by atoms with Crippen molar-refractivity contribution in [2.45, 2.75) is 92.7 Å². The molecule has 2 heterocycles. The number of terminal acetylenes is 1. The van der Waals surface area contributed by atoms with Crippen molar-refractivity contribution in [3.63, 3.8) is 0 Å². The predicted octanol–water partition coefficient (Wildman–Crippen LogP) is 7.63. The van der Waals surface area contributed by atoms with Gasteiger partial charge in [-0.1, -0.05) is 31.9 Å². The third-order valence-electron chi connectivity index (χ3n) is 7.07. The van der Waals surface area contributed by atoms with Crippen LogP contribution in [0.4, 0.5) is 10.1 Å². The highest BCUT2D eigenvalue weighted by Crippen LogP contribution is 2.53. The average molecular weight is 571 g/mol. The summed E-state index contributed by atoms with van der Waals surface area (Å²) in [7, 11) is 1.00. The standard InChI is InChI=1S/C26H31FN2OS.C4H10O.C2H2.CH4O/c1-15-19(9-12-30)23(18-7-10-26(4,5)11-8-18)16(2)24-21-14-28-22(27)13-20(21)17(3)29(31-6)25(15)24;1-4(2,3)5;2*1-2/h7,12-14,17H,8-11H2,1-6H3;5H,1-3H3;1-2H;2H,1H3. The Labute approximate surface area is 245 Å². The van der Waals surface area contributed by atoms with Gasteiger partial charge in [0.25, 0.3) is 0 Å². The Kier molecular flexibility index (Phi) is 13.1. The molecular weight excluding hydrogens is 523 g/mol. The number of anilines is 1. The molecule has 0 amide bonds. The van der Waals surface area contributed by atoms with E-state index >= 15 is 0 Å². The van der Waals surface area contributed by atoms with Crippen molar-refractivity contribution < 1.29 is 19.4 Å². The number of nitrogens with zero attached hydrogens (tertiary/aromatic N) is 2. The number of benzene rings is 1. The van der Waals surface area contributed by atoms with Crippen molar-refractivity contribution in [3.05, 3.63) is 52.1 Å². The molecule has 1 aromatic carbocycles. The fraction of sp³-hybridized carbons (Fsp3) is 0.515. The van der Waals surface area contributed by atoms with E-state index in [2.05, 4.69) is 69.1 Å². The second-order valence-electron chi connectivity index (χ2n) is 11.7. The second kappa shape index (κ2) is 14.8. The molecule has 1 aliphatic carbocycles. The Balaban J connectivity index is 0.000000789. The molecule has 2 aromatic rings. The minimum absolute atomic E-state index is 0.0118. The third kappa shape index (κ3) is 8.19. The fourth-order valence-corrected chi connectivity index (χ4v) is 6.14. The van der Waals surface area contributed by atoms with E-state index in [0.29, 0.717) is 11.8 Å². The molecule has 1 aromatic heterocycles. The van der Waals surface area contributed by atoms with Gasteiger partial charge in [0.2, 0.25) is 5.95 Å². The number of aliphatic hydroxyl groups is 2. The van der Waals surface area contributed by atoms with Crippen LogP contribution in [-0.4, -0.2) is 40.4 Å². The summed E-state index contributed by atoms with van der Waals surface area (Å²) in [6, 6.07) is 1.58. The normalized spacial score (nSPS) is 16.8. The Hall–Kier alpha value is -2.66. The quantitative estimate of drug-likeness (QED) is 0.170. The number of carbonyl (C=O) groups is 1. The molecule has 40 heavy (non-hydrogen) atoms. The molecule has 220 valence electrons. The van der Waals surface area contributed by atoms with Crippen molar-refractivity contribution >= 4 is 29.5 Å².